The first-order chi connectivity index (χ1) is 17.5. The van der Waals surface area contributed by atoms with E-state index in [2.05, 4.69) is 45.2 Å². The summed E-state index contributed by atoms with van der Waals surface area (Å²) in [5.41, 5.74) is 4.68. The summed E-state index contributed by atoms with van der Waals surface area (Å²) in [6, 6.07) is 18.5. The largest absolute Gasteiger partial charge is 0.480 e. The highest BCUT2D eigenvalue weighted by Crippen LogP contribution is 2.52. The number of nitrogens with zero attached hydrogens (tertiary/aromatic N) is 5. The van der Waals surface area contributed by atoms with Crippen molar-refractivity contribution in [3.8, 4) is 0 Å². The second kappa shape index (κ2) is 9.04. The van der Waals surface area contributed by atoms with Gasteiger partial charge in [-0.05, 0) is 49.7 Å². The van der Waals surface area contributed by atoms with Crippen molar-refractivity contribution in [2.75, 3.05) is 37.6 Å². The number of rotatable bonds is 5. The Balaban J connectivity index is 1.22. The number of para-hydroxylation sites is 2. The fraction of sp³-hybridized carbons (Fsp3) is 0.321. The standard InChI is InChI=1S/C28H29N5O3/c34-26(35)19-32-14-11-29-21(18-32)17-31-12-9-28(10-13-31)23-6-2-4-8-25(23)33(27(28)36)22-15-20-5-1-3-7-24(20)30-16-22/h1-8,11,14-16,27,36H,9-10,12-13,17-19H2,(H,34,35). The molecule has 1 saturated heterocycles. The van der Waals surface area contributed by atoms with Gasteiger partial charge in [0.1, 0.15) is 12.8 Å². The molecular formula is C28H29N5O3. The van der Waals surface area contributed by atoms with Crippen LogP contribution in [0.2, 0.25) is 0 Å². The lowest BCUT2D eigenvalue weighted by molar-refractivity contribution is -0.137. The lowest BCUT2D eigenvalue weighted by Crippen LogP contribution is -2.51. The van der Waals surface area contributed by atoms with Gasteiger partial charge in [-0.15, -0.1) is 0 Å². The van der Waals surface area contributed by atoms with E-state index in [-0.39, 0.29) is 12.0 Å². The van der Waals surface area contributed by atoms with Crippen molar-refractivity contribution in [1.29, 1.82) is 0 Å². The third kappa shape index (κ3) is 3.92. The van der Waals surface area contributed by atoms with Crippen molar-refractivity contribution in [3.63, 3.8) is 0 Å². The zero-order valence-corrected chi connectivity index (χ0v) is 20.0. The van der Waals surface area contributed by atoms with Gasteiger partial charge in [0.2, 0.25) is 0 Å². The van der Waals surface area contributed by atoms with E-state index in [0.29, 0.717) is 13.1 Å². The monoisotopic (exact) mass is 483 g/mol. The van der Waals surface area contributed by atoms with E-state index in [0.717, 1.165) is 53.9 Å². The summed E-state index contributed by atoms with van der Waals surface area (Å²) < 4.78 is 0. The van der Waals surface area contributed by atoms with Crippen LogP contribution < -0.4 is 4.90 Å². The maximum atomic E-state index is 11.8. The van der Waals surface area contributed by atoms with Crippen LogP contribution in [0.25, 0.3) is 10.9 Å². The van der Waals surface area contributed by atoms with Crippen LogP contribution in [0.1, 0.15) is 18.4 Å². The van der Waals surface area contributed by atoms with E-state index in [1.165, 1.54) is 5.56 Å². The van der Waals surface area contributed by atoms with Crippen molar-refractivity contribution in [2.45, 2.75) is 24.5 Å². The molecule has 0 aliphatic carbocycles. The first-order valence-corrected chi connectivity index (χ1v) is 12.4. The number of fused-ring (bicyclic) bond motifs is 3. The first-order valence-electron chi connectivity index (χ1n) is 12.4. The highest BCUT2D eigenvalue weighted by atomic mass is 16.4. The summed E-state index contributed by atoms with van der Waals surface area (Å²) in [6.07, 6.45) is 6.23. The van der Waals surface area contributed by atoms with Gasteiger partial charge in [-0.2, -0.15) is 0 Å². The molecular weight excluding hydrogens is 454 g/mol. The Bertz CT molecular complexity index is 1360. The van der Waals surface area contributed by atoms with Crippen LogP contribution in [0.5, 0.6) is 0 Å². The Morgan fingerprint density at radius 2 is 1.86 bits per heavy atom. The van der Waals surface area contributed by atoms with E-state index in [1.54, 1.807) is 17.3 Å². The molecule has 3 aromatic rings. The number of benzene rings is 2. The number of aromatic nitrogens is 1. The molecule has 0 bridgehead atoms. The van der Waals surface area contributed by atoms with Crippen LogP contribution in [-0.2, 0) is 10.2 Å². The fourth-order valence-corrected chi connectivity index (χ4v) is 5.92. The van der Waals surface area contributed by atoms with E-state index in [4.69, 9.17) is 5.11 Å². The summed E-state index contributed by atoms with van der Waals surface area (Å²) in [6.45, 7) is 2.86. The molecule has 0 radical (unpaired) electrons. The van der Waals surface area contributed by atoms with Gasteiger partial charge in [0.05, 0.1) is 29.7 Å². The highest BCUT2D eigenvalue weighted by Gasteiger charge is 2.52. The first kappa shape index (κ1) is 22.7. The Hall–Kier alpha value is -3.75. The minimum Gasteiger partial charge on any atom is -0.480 e. The van der Waals surface area contributed by atoms with Crippen molar-refractivity contribution >= 4 is 34.0 Å². The third-order valence-electron chi connectivity index (χ3n) is 7.71. The number of anilines is 2. The van der Waals surface area contributed by atoms with Crippen LogP contribution >= 0.6 is 0 Å². The van der Waals surface area contributed by atoms with E-state index in [9.17, 15) is 9.90 Å². The van der Waals surface area contributed by atoms with Crippen molar-refractivity contribution in [2.24, 2.45) is 4.99 Å². The molecule has 1 aromatic heterocycles. The quantitative estimate of drug-likeness (QED) is 0.575. The number of aliphatic carboxylic acids is 1. The molecule has 4 heterocycles. The summed E-state index contributed by atoms with van der Waals surface area (Å²) in [7, 11) is 0. The predicted molar refractivity (Wildman–Crippen MR) is 139 cm³/mol. The van der Waals surface area contributed by atoms with E-state index in [1.807, 2.05) is 35.4 Å². The average molecular weight is 484 g/mol. The zero-order valence-electron chi connectivity index (χ0n) is 20.0. The van der Waals surface area contributed by atoms with Gasteiger partial charge < -0.3 is 20.0 Å². The molecule has 2 aromatic carbocycles. The van der Waals surface area contributed by atoms with Gasteiger partial charge in [-0.3, -0.25) is 19.7 Å². The molecule has 184 valence electrons. The Morgan fingerprint density at radius 1 is 1.08 bits per heavy atom. The molecule has 1 atom stereocenters. The number of piperidine rings is 1. The smallest absolute Gasteiger partial charge is 0.323 e. The van der Waals surface area contributed by atoms with Gasteiger partial charge in [0, 0.05) is 35.4 Å². The lowest BCUT2D eigenvalue weighted by Gasteiger charge is -2.43. The average Bonchev–Trinajstić information content (AvgIpc) is 3.12. The van der Waals surface area contributed by atoms with Crippen LogP contribution in [0.4, 0.5) is 11.4 Å². The Morgan fingerprint density at radius 3 is 2.69 bits per heavy atom. The Kier molecular flexibility index (Phi) is 5.70. The minimum atomic E-state index is -0.846. The molecule has 1 unspecified atom stereocenters. The summed E-state index contributed by atoms with van der Waals surface area (Å²) >= 11 is 0. The number of carbonyl (C=O) groups is 1. The number of hydrogen-bond acceptors (Lipinski definition) is 7. The normalized spacial score (nSPS) is 21.1. The summed E-state index contributed by atoms with van der Waals surface area (Å²) in [4.78, 5) is 26.4. The molecule has 6 rings (SSSR count). The number of carboxylic acid groups (broad SMARTS) is 1. The molecule has 0 amide bonds. The molecule has 3 aliphatic rings. The molecule has 36 heavy (non-hydrogen) atoms. The summed E-state index contributed by atoms with van der Waals surface area (Å²) in [5.74, 6) is -0.846. The number of aliphatic hydroxyl groups excluding tert-OH is 1. The topological polar surface area (TPSA) is 92.5 Å². The zero-order chi connectivity index (χ0) is 24.7. The predicted octanol–water partition coefficient (Wildman–Crippen LogP) is 3.35. The molecule has 0 saturated carbocycles. The van der Waals surface area contributed by atoms with Gasteiger partial charge >= 0.3 is 5.97 Å². The lowest BCUT2D eigenvalue weighted by atomic mass is 9.73. The molecule has 1 spiro atoms. The second-order valence-corrected chi connectivity index (χ2v) is 9.87. The van der Waals surface area contributed by atoms with E-state index < -0.39 is 12.2 Å². The number of pyridine rings is 1. The molecule has 8 heteroatoms. The van der Waals surface area contributed by atoms with Crippen molar-refractivity contribution in [3.05, 3.63) is 78.8 Å². The van der Waals surface area contributed by atoms with Gasteiger partial charge in [0.25, 0.3) is 0 Å². The van der Waals surface area contributed by atoms with Crippen molar-refractivity contribution < 1.29 is 15.0 Å². The van der Waals surface area contributed by atoms with E-state index >= 15 is 0 Å². The van der Waals surface area contributed by atoms with Crippen LogP contribution in [0.15, 0.2) is 78.2 Å². The number of likely N-dealkylation sites (tertiary alicyclic amines) is 1. The number of carboxylic acids is 1. The minimum absolute atomic E-state index is 0.0267. The number of aliphatic imine (C=N–C) groups is 1. The highest BCUT2D eigenvalue weighted by molar-refractivity contribution is 5.90. The SMILES string of the molecule is O=C(O)CN1C=CN=C(CN2CCC3(CC2)c2ccccc2N(c2cnc4ccccc4c2)C3O)C1. The number of aliphatic hydroxyl groups is 1. The molecule has 1 fully saturated rings. The van der Waals surface area contributed by atoms with Crippen LogP contribution in [-0.4, -0.2) is 75.6 Å². The summed E-state index contributed by atoms with van der Waals surface area (Å²) in [5, 5.41) is 22.0. The van der Waals surface area contributed by atoms with Gasteiger partial charge in [0.15, 0.2) is 0 Å². The molecule has 3 aliphatic heterocycles. The number of hydrogen-bond donors (Lipinski definition) is 2. The second-order valence-electron chi connectivity index (χ2n) is 9.87. The Labute approximate surface area is 209 Å². The fourth-order valence-electron chi connectivity index (χ4n) is 5.92. The maximum Gasteiger partial charge on any atom is 0.323 e. The van der Waals surface area contributed by atoms with Gasteiger partial charge in [-0.25, -0.2) is 0 Å². The van der Waals surface area contributed by atoms with Crippen LogP contribution in [0.3, 0.4) is 0 Å². The molecule has 8 nitrogen and oxygen atoms in total. The van der Waals surface area contributed by atoms with Crippen molar-refractivity contribution in [1.82, 2.24) is 14.8 Å². The third-order valence-corrected chi connectivity index (χ3v) is 7.71. The van der Waals surface area contributed by atoms with Gasteiger partial charge in [-0.1, -0.05) is 36.4 Å². The van der Waals surface area contributed by atoms with Crippen LogP contribution in [0, 0.1) is 0 Å². The maximum absolute atomic E-state index is 11.8. The molecule has 2 N–H and O–H groups in total.